The number of nitrogens with zero attached hydrogens (tertiary/aromatic N) is 3. The minimum absolute atomic E-state index is 0.119. The molecule has 0 radical (unpaired) electrons. The molecule has 1 aliphatic heterocycles. The van der Waals surface area contributed by atoms with Gasteiger partial charge >= 0.3 is 5.97 Å². The summed E-state index contributed by atoms with van der Waals surface area (Å²) in [4.78, 5) is 22.7. The van der Waals surface area contributed by atoms with Crippen molar-refractivity contribution in [3.63, 3.8) is 0 Å². The summed E-state index contributed by atoms with van der Waals surface area (Å²) in [5.74, 6) is -0.513. The molecule has 13 heteroatoms. The molecular weight excluding hydrogens is 667 g/mol. The molecule has 2 atom stereocenters. The smallest absolute Gasteiger partial charge is 0.323 e. The number of ether oxygens (including phenoxy) is 1. The van der Waals surface area contributed by atoms with E-state index in [0.717, 1.165) is 51.9 Å². The number of aromatic nitrogens is 3. The molecule has 1 saturated heterocycles. The van der Waals surface area contributed by atoms with E-state index in [0.29, 0.717) is 46.4 Å². The van der Waals surface area contributed by atoms with Crippen molar-refractivity contribution < 1.29 is 24.5 Å². The highest BCUT2D eigenvalue weighted by atomic mass is 35.5. The largest absolute Gasteiger partial charge is 0.496 e. The lowest BCUT2D eigenvalue weighted by Crippen LogP contribution is -2.39. The van der Waals surface area contributed by atoms with Crippen molar-refractivity contribution in [1.29, 1.82) is 0 Å². The summed E-state index contributed by atoms with van der Waals surface area (Å²) in [6.45, 7) is 1.35. The Morgan fingerprint density at radius 1 is 1.04 bits per heavy atom. The van der Waals surface area contributed by atoms with Gasteiger partial charge in [-0.3, -0.25) is 14.9 Å². The Bertz CT molecular complexity index is 1980. The van der Waals surface area contributed by atoms with E-state index in [4.69, 9.17) is 27.9 Å². The van der Waals surface area contributed by atoms with Crippen LogP contribution in [0.1, 0.15) is 29.5 Å². The number of benzene rings is 4. The quantitative estimate of drug-likeness (QED) is 0.107. The van der Waals surface area contributed by atoms with Gasteiger partial charge in [-0.15, -0.1) is 5.10 Å². The summed E-state index contributed by atoms with van der Waals surface area (Å²) in [5, 5.41) is 37.8. The number of aliphatic hydroxyl groups is 1. The van der Waals surface area contributed by atoms with E-state index in [-0.39, 0.29) is 18.5 Å². The molecule has 1 aliphatic rings. The molecule has 5 N–H and O–H groups in total. The normalized spacial score (nSPS) is 15.0. The second-order valence-corrected chi connectivity index (χ2v) is 12.7. The Hall–Kier alpha value is -4.52. The highest BCUT2D eigenvalue weighted by Gasteiger charge is 2.21. The first kappa shape index (κ1) is 34.3. The average Bonchev–Trinajstić information content (AvgIpc) is 3.72. The summed E-state index contributed by atoms with van der Waals surface area (Å²) in [7, 11) is 1.53. The van der Waals surface area contributed by atoms with Crippen molar-refractivity contribution in [2.24, 2.45) is 0 Å². The van der Waals surface area contributed by atoms with Gasteiger partial charge in [0.2, 0.25) is 5.91 Å². The van der Waals surface area contributed by atoms with Crippen LogP contribution in [-0.4, -0.2) is 69.4 Å². The fourth-order valence-corrected chi connectivity index (χ4v) is 6.61. The molecule has 4 aromatic carbocycles. The zero-order chi connectivity index (χ0) is 34.5. The van der Waals surface area contributed by atoms with Gasteiger partial charge in [0, 0.05) is 59.4 Å². The molecule has 1 fully saturated rings. The van der Waals surface area contributed by atoms with Crippen molar-refractivity contribution in [1.82, 2.24) is 30.9 Å². The molecule has 1 amide bonds. The Morgan fingerprint density at radius 2 is 1.80 bits per heavy atom. The Kier molecular flexibility index (Phi) is 10.8. The average molecular weight is 704 g/mol. The van der Waals surface area contributed by atoms with Crippen LogP contribution in [0, 0.1) is 0 Å². The monoisotopic (exact) mass is 702 g/mol. The van der Waals surface area contributed by atoms with Crippen molar-refractivity contribution in [2.75, 3.05) is 20.3 Å². The number of fused-ring (bicyclic) bond motifs is 1. The Balaban J connectivity index is 1.20. The first-order valence-corrected chi connectivity index (χ1v) is 16.6. The number of hydrogen-bond acceptors (Lipinski definition) is 8. The van der Waals surface area contributed by atoms with Gasteiger partial charge in [0.05, 0.1) is 30.8 Å². The topological polar surface area (TPSA) is 151 Å². The van der Waals surface area contributed by atoms with Gasteiger partial charge < -0.3 is 25.6 Å². The number of methoxy groups -OCH3 is 1. The molecule has 49 heavy (non-hydrogen) atoms. The second-order valence-electron chi connectivity index (χ2n) is 11.9. The van der Waals surface area contributed by atoms with Crippen LogP contribution in [0.25, 0.3) is 33.3 Å². The van der Waals surface area contributed by atoms with Crippen LogP contribution in [0.5, 0.6) is 5.75 Å². The SMILES string of the molecule is COc1cc(Cn2nnc3c(-c4cccc(-c5ccc(CNCC6CCC(=O)N6)cc5)c4Cl)cccc32)c(Cl)cc1CN[C@@H](CO)C(=O)O. The van der Waals surface area contributed by atoms with E-state index in [1.165, 1.54) is 7.11 Å². The number of carboxylic acid groups (broad SMARTS) is 1. The van der Waals surface area contributed by atoms with Crippen LogP contribution in [0.4, 0.5) is 0 Å². The molecule has 254 valence electrons. The zero-order valence-corrected chi connectivity index (χ0v) is 28.3. The van der Waals surface area contributed by atoms with Crippen LogP contribution in [-0.2, 0) is 29.2 Å². The molecule has 1 aromatic heterocycles. The predicted molar refractivity (Wildman–Crippen MR) is 189 cm³/mol. The third-order valence-corrected chi connectivity index (χ3v) is 9.45. The molecule has 0 spiro atoms. The number of hydrogen-bond donors (Lipinski definition) is 5. The van der Waals surface area contributed by atoms with Gasteiger partial charge in [-0.2, -0.15) is 0 Å². The van der Waals surface area contributed by atoms with E-state index in [2.05, 4.69) is 50.5 Å². The molecule has 0 bridgehead atoms. The highest BCUT2D eigenvalue weighted by Crippen LogP contribution is 2.39. The molecule has 2 heterocycles. The van der Waals surface area contributed by atoms with Crippen LogP contribution >= 0.6 is 23.2 Å². The molecule has 5 aromatic rings. The number of carbonyl (C=O) groups is 2. The predicted octanol–water partition coefficient (Wildman–Crippen LogP) is 5.03. The van der Waals surface area contributed by atoms with Gasteiger partial charge in [0.25, 0.3) is 0 Å². The van der Waals surface area contributed by atoms with E-state index >= 15 is 0 Å². The lowest BCUT2D eigenvalue weighted by molar-refractivity contribution is -0.140. The summed E-state index contributed by atoms with van der Waals surface area (Å²) in [5.41, 5.74) is 7.58. The number of halogens is 2. The number of carbonyl (C=O) groups excluding carboxylic acids is 1. The maximum atomic E-state index is 11.4. The molecule has 0 aliphatic carbocycles. The van der Waals surface area contributed by atoms with Crippen LogP contribution < -0.4 is 20.7 Å². The molecule has 1 unspecified atom stereocenters. The minimum atomic E-state index is -1.15. The van der Waals surface area contributed by atoms with E-state index in [1.54, 1.807) is 16.8 Å². The van der Waals surface area contributed by atoms with Gasteiger partial charge in [-0.1, -0.05) is 83.0 Å². The lowest BCUT2D eigenvalue weighted by Gasteiger charge is -2.16. The van der Waals surface area contributed by atoms with Crippen molar-refractivity contribution >= 4 is 46.1 Å². The molecule has 11 nitrogen and oxygen atoms in total. The fourth-order valence-electron chi connectivity index (χ4n) is 6.02. The molecule has 0 saturated carbocycles. The van der Waals surface area contributed by atoms with Crippen molar-refractivity contribution in [3.8, 4) is 28.0 Å². The third kappa shape index (κ3) is 7.71. The number of aliphatic hydroxyl groups excluding tert-OH is 1. The third-order valence-electron chi connectivity index (χ3n) is 8.69. The van der Waals surface area contributed by atoms with Crippen LogP contribution in [0.2, 0.25) is 10.0 Å². The number of rotatable bonds is 14. The van der Waals surface area contributed by atoms with E-state index in [1.807, 2.05) is 36.4 Å². The molecular formula is C36H36Cl2N6O5. The zero-order valence-electron chi connectivity index (χ0n) is 26.7. The summed E-state index contributed by atoms with van der Waals surface area (Å²) in [6, 6.07) is 22.7. The van der Waals surface area contributed by atoms with Gasteiger partial charge in [0.1, 0.15) is 17.3 Å². The first-order valence-electron chi connectivity index (χ1n) is 15.9. The van der Waals surface area contributed by atoms with E-state index in [9.17, 15) is 19.8 Å². The summed E-state index contributed by atoms with van der Waals surface area (Å²) in [6.07, 6.45) is 1.46. The molecule has 6 rings (SSSR count). The number of aliphatic carboxylic acids is 1. The maximum absolute atomic E-state index is 11.4. The Morgan fingerprint density at radius 3 is 2.51 bits per heavy atom. The number of nitrogens with one attached hydrogen (secondary N) is 3. The van der Waals surface area contributed by atoms with Gasteiger partial charge in [-0.25, -0.2) is 4.68 Å². The standard InChI is InChI=1S/C36H36Cl2N6O5/c1-49-32-15-24(29(37)14-23(32)17-40-30(20-45)36(47)48)19-44-31-7-3-6-28(35(31)42-43-44)27-5-2-4-26(34(27)38)22-10-8-21(9-11-22)16-39-18-25-12-13-33(46)41-25/h2-11,14-15,25,30,39-40,45H,12-13,16-20H2,1H3,(H,41,46)(H,47,48)/t25?,30-/m0/s1. The minimum Gasteiger partial charge on any atom is -0.496 e. The van der Waals surface area contributed by atoms with Gasteiger partial charge in [-0.05, 0) is 41.3 Å². The van der Waals surface area contributed by atoms with Crippen molar-refractivity contribution in [3.05, 3.63) is 99.5 Å². The fraction of sp³-hybridized carbons (Fsp3) is 0.278. The number of carboxylic acids is 1. The Labute approximate surface area is 293 Å². The lowest BCUT2D eigenvalue weighted by atomic mass is 9.97. The second kappa shape index (κ2) is 15.4. The number of amides is 1. The summed E-state index contributed by atoms with van der Waals surface area (Å²) < 4.78 is 7.33. The highest BCUT2D eigenvalue weighted by molar-refractivity contribution is 6.36. The maximum Gasteiger partial charge on any atom is 0.323 e. The van der Waals surface area contributed by atoms with E-state index < -0.39 is 18.6 Å². The first-order chi connectivity index (χ1) is 23.7. The van der Waals surface area contributed by atoms with Gasteiger partial charge in [0.15, 0.2) is 0 Å². The summed E-state index contributed by atoms with van der Waals surface area (Å²) >= 11 is 13.8. The van der Waals surface area contributed by atoms with Crippen molar-refractivity contribution in [2.45, 2.75) is 44.6 Å². The van der Waals surface area contributed by atoms with Crippen LogP contribution in [0.15, 0.2) is 72.8 Å². The van der Waals surface area contributed by atoms with Crippen LogP contribution in [0.3, 0.4) is 0 Å².